The fourth-order valence-electron chi connectivity index (χ4n) is 0.956. The number of rotatable bonds is 1. The summed E-state index contributed by atoms with van der Waals surface area (Å²) in [5, 5.41) is 12.1. The van der Waals surface area contributed by atoms with E-state index in [9.17, 15) is 4.79 Å². The van der Waals surface area contributed by atoms with Crippen LogP contribution >= 0.6 is 11.5 Å². The molecule has 1 N–H and O–H groups in total. The number of nitrogens with zero attached hydrogens (tertiary/aromatic N) is 2. The van der Waals surface area contributed by atoms with Crippen LogP contribution in [0.5, 0.6) is 5.75 Å². The minimum absolute atomic E-state index is 0.221. The van der Waals surface area contributed by atoms with Gasteiger partial charge in [-0.1, -0.05) is 10.6 Å². The SMILES string of the molecule is O=C(O)Oc1cccc2snnc12. The molecule has 1 heterocycles. The summed E-state index contributed by atoms with van der Waals surface area (Å²) in [4.78, 5) is 10.3. The average Bonchev–Trinajstić information content (AvgIpc) is 2.51. The van der Waals surface area contributed by atoms with E-state index in [0.29, 0.717) is 5.52 Å². The molecule has 1 aromatic carbocycles. The number of hydrogen-bond donors (Lipinski definition) is 1. The van der Waals surface area contributed by atoms with Gasteiger partial charge in [-0.2, -0.15) is 0 Å². The summed E-state index contributed by atoms with van der Waals surface area (Å²) in [6.07, 6.45) is -1.35. The maximum atomic E-state index is 10.3. The molecule has 2 rings (SSSR count). The number of benzene rings is 1. The highest BCUT2D eigenvalue weighted by Gasteiger charge is 2.08. The Morgan fingerprint density at radius 2 is 2.38 bits per heavy atom. The predicted octanol–water partition coefficient (Wildman–Crippen LogP) is 1.75. The van der Waals surface area contributed by atoms with Crippen molar-refractivity contribution >= 4 is 27.9 Å². The van der Waals surface area contributed by atoms with Crippen LogP contribution < -0.4 is 4.74 Å². The molecule has 0 atom stereocenters. The third-order valence-corrected chi connectivity index (χ3v) is 2.13. The summed E-state index contributed by atoms with van der Waals surface area (Å²) in [6, 6.07) is 5.03. The van der Waals surface area contributed by atoms with Crippen molar-refractivity contribution in [3.63, 3.8) is 0 Å². The van der Waals surface area contributed by atoms with Crippen LogP contribution in [0.25, 0.3) is 10.2 Å². The lowest BCUT2D eigenvalue weighted by molar-refractivity contribution is 0.145. The second-order valence-corrected chi connectivity index (χ2v) is 3.03. The van der Waals surface area contributed by atoms with Gasteiger partial charge in [0.25, 0.3) is 0 Å². The first-order chi connectivity index (χ1) is 6.27. The molecule has 0 spiro atoms. The molecule has 0 aliphatic heterocycles. The largest absolute Gasteiger partial charge is 0.511 e. The van der Waals surface area contributed by atoms with Crippen LogP contribution in [0.4, 0.5) is 4.79 Å². The van der Waals surface area contributed by atoms with Crippen molar-refractivity contribution in [3.05, 3.63) is 18.2 Å². The van der Waals surface area contributed by atoms with Crippen molar-refractivity contribution in [1.82, 2.24) is 9.59 Å². The molecule has 0 fully saturated rings. The van der Waals surface area contributed by atoms with Crippen molar-refractivity contribution in [3.8, 4) is 5.75 Å². The fourth-order valence-corrected chi connectivity index (χ4v) is 1.53. The highest BCUT2D eigenvalue weighted by Crippen LogP contribution is 2.25. The number of fused-ring (bicyclic) bond motifs is 1. The van der Waals surface area contributed by atoms with Crippen LogP contribution in [0.15, 0.2) is 18.2 Å². The highest BCUT2D eigenvalue weighted by molar-refractivity contribution is 7.13. The van der Waals surface area contributed by atoms with Gasteiger partial charge in [-0.25, -0.2) is 4.79 Å². The lowest BCUT2D eigenvalue weighted by atomic mass is 10.3. The molecule has 0 unspecified atom stereocenters. The highest BCUT2D eigenvalue weighted by atomic mass is 32.1. The number of hydrogen-bond acceptors (Lipinski definition) is 5. The summed E-state index contributed by atoms with van der Waals surface area (Å²) in [7, 11) is 0. The van der Waals surface area contributed by atoms with Gasteiger partial charge in [-0.05, 0) is 23.7 Å². The monoisotopic (exact) mass is 196 g/mol. The van der Waals surface area contributed by atoms with E-state index in [1.54, 1.807) is 12.1 Å². The van der Waals surface area contributed by atoms with Gasteiger partial charge >= 0.3 is 6.16 Å². The van der Waals surface area contributed by atoms with Crippen molar-refractivity contribution in [2.24, 2.45) is 0 Å². The second-order valence-electron chi connectivity index (χ2n) is 2.24. The van der Waals surface area contributed by atoms with E-state index < -0.39 is 6.16 Å². The summed E-state index contributed by atoms with van der Waals surface area (Å²) in [6.45, 7) is 0. The first-order valence-corrected chi connectivity index (χ1v) is 4.16. The van der Waals surface area contributed by atoms with Gasteiger partial charge in [0.1, 0.15) is 5.52 Å². The maximum absolute atomic E-state index is 10.3. The molecular weight excluding hydrogens is 192 g/mol. The van der Waals surface area contributed by atoms with E-state index in [1.807, 2.05) is 0 Å². The van der Waals surface area contributed by atoms with Crippen molar-refractivity contribution in [2.45, 2.75) is 0 Å². The van der Waals surface area contributed by atoms with Crippen LogP contribution in [0.3, 0.4) is 0 Å². The lowest BCUT2D eigenvalue weighted by Gasteiger charge is -1.97. The van der Waals surface area contributed by atoms with Gasteiger partial charge in [-0.3, -0.25) is 0 Å². The molecule has 1 aromatic heterocycles. The van der Waals surface area contributed by atoms with E-state index >= 15 is 0 Å². The molecule has 5 nitrogen and oxygen atoms in total. The Morgan fingerprint density at radius 1 is 1.54 bits per heavy atom. The third-order valence-electron chi connectivity index (χ3n) is 1.44. The quantitative estimate of drug-likeness (QED) is 0.555. The Bertz CT molecular complexity index is 454. The number of carbonyl (C=O) groups is 1. The Balaban J connectivity index is 2.54. The predicted molar refractivity (Wildman–Crippen MR) is 46.1 cm³/mol. The summed E-state index contributed by atoms with van der Waals surface area (Å²) >= 11 is 1.19. The number of aromatic nitrogens is 2. The van der Waals surface area contributed by atoms with Gasteiger partial charge in [-0.15, -0.1) is 5.10 Å². The Hall–Kier alpha value is -1.69. The molecular formula is C7H4N2O3S. The van der Waals surface area contributed by atoms with Crippen LogP contribution in [0.1, 0.15) is 0 Å². The zero-order valence-electron chi connectivity index (χ0n) is 6.30. The Labute approximate surface area is 76.7 Å². The van der Waals surface area contributed by atoms with E-state index in [-0.39, 0.29) is 5.75 Å². The minimum atomic E-state index is -1.35. The zero-order chi connectivity index (χ0) is 9.26. The molecule has 0 aliphatic rings. The molecule has 0 amide bonds. The number of carboxylic acid groups (broad SMARTS) is 1. The van der Waals surface area contributed by atoms with Crippen molar-refractivity contribution in [1.29, 1.82) is 0 Å². The van der Waals surface area contributed by atoms with Crippen molar-refractivity contribution < 1.29 is 14.6 Å². The lowest BCUT2D eigenvalue weighted by Crippen LogP contribution is -2.03. The molecule has 13 heavy (non-hydrogen) atoms. The first-order valence-electron chi connectivity index (χ1n) is 3.39. The molecule has 0 saturated heterocycles. The average molecular weight is 196 g/mol. The van der Waals surface area contributed by atoms with E-state index in [0.717, 1.165) is 4.70 Å². The molecule has 6 heteroatoms. The zero-order valence-corrected chi connectivity index (χ0v) is 7.11. The number of ether oxygens (including phenoxy) is 1. The standard InChI is InChI=1S/C7H4N2O3S/c10-7(11)12-4-2-1-3-5-6(4)8-9-13-5/h1-3H,(H,10,11). The molecule has 0 saturated carbocycles. The molecule has 2 aromatic rings. The first kappa shape index (κ1) is 7.93. The van der Waals surface area contributed by atoms with Crippen LogP contribution in [0.2, 0.25) is 0 Å². The van der Waals surface area contributed by atoms with Crippen LogP contribution in [-0.2, 0) is 0 Å². The second kappa shape index (κ2) is 2.98. The van der Waals surface area contributed by atoms with Gasteiger partial charge in [0.05, 0.1) is 4.70 Å². The Kier molecular flexibility index (Phi) is 1.82. The van der Waals surface area contributed by atoms with Crippen LogP contribution in [-0.4, -0.2) is 20.8 Å². The van der Waals surface area contributed by atoms with Gasteiger partial charge < -0.3 is 9.84 Å². The normalized spacial score (nSPS) is 10.2. The fraction of sp³-hybridized carbons (Fsp3) is 0. The van der Waals surface area contributed by atoms with Crippen LogP contribution in [0, 0.1) is 0 Å². The Morgan fingerprint density at radius 3 is 3.15 bits per heavy atom. The van der Waals surface area contributed by atoms with E-state index in [1.165, 1.54) is 17.6 Å². The summed E-state index contributed by atoms with van der Waals surface area (Å²) in [5.41, 5.74) is 0.481. The van der Waals surface area contributed by atoms with Gasteiger partial charge in [0, 0.05) is 0 Å². The van der Waals surface area contributed by atoms with E-state index in [2.05, 4.69) is 14.3 Å². The van der Waals surface area contributed by atoms with E-state index in [4.69, 9.17) is 5.11 Å². The summed E-state index contributed by atoms with van der Waals surface area (Å²) < 4.78 is 9.00. The third kappa shape index (κ3) is 1.43. The smallest absolute Gasteiger partial charge is 0.449 e. The van der Waals surface area contributed by atoms with Gasteiger partial charge in [0.2, 0.25) is 0 Å². The summed E-state index contributed by atoms with van der Waals surface area (Å²) in [5.74, 6) is 0.221. The molecule has 66 valence electrons. The van der Waals surface area contributed by atoms with Gasteiger partial charge in [0.15, 0.2) is 5.75 Å². The topological polar surface area (TPSA) is 72.3 Å². The minimum Gasteiger partial charge on any atom is -0.449 e. The molecule has 0 radical (unpaired) electrons. The maximum Gasteiger partial charge on any atom is 0.511 e. The molecule has 0 aliphatic carbocycles. The molecule has 0 bridgehead atoms. The van der Waals surface area contributed by atoms with Crippen molar-refractivity contribution in [2.75, 3.05) is 0 Å².